The molecule has 2 heteroatoms. The van der Waals surface area contributed by atoms with Crippen LogP contribution in [0.3, 0.4) is 0 Å². The minimum atomic E-state index is -0.0694. The van der Waals surface area contributed by atoms with Gasteiger partial charge in [-0.3, -0.25) is 0 Å². The molecule has 0 aromatic heterocycles. The van der Waals surface area contributed by atoms with Crippen LogP contribution in [-0.4, -0.2) is 18.8 Å². The Bertz CT molecular complexity index is 116. The predicted octanol–water partition coefficient (Wildman–Crippen LogP) is 1.15. The molecule has 2 nitrogen and oxygen atoms in total. The molecule has 10 heavy (non-hydrogen) atoms. The van der Waals surface area contributed by atoms with Crippen LogP contribution in [0.25, 0.3) is 0 Å². The van der Waals surface area contributed by atoms with Gasteiger partial charge in [0.15, 0.2) is 0 Å². The molecule has 1 fully saturated rings. The minimum Gasteiger partial charge on any atom is -0.377 e. The van der Waals surface area contributed by atoms with Gasteiger partial charge in [-0.15, -0.1) is 0 Å². The SMILES string of the molecule is CO[C@](C)(C1CC1)[C@H](C)N. The molecule has 0 spiro atoms. The van der Waals surface area contributed by atoms with Crippen LogP contribution >= 0.6 is 0 Å². The number of nitrogens with two attached hydrogens (primary N) is 1. The highest BCUT2D eigenvalue weighted by Gasteiger charge is 2.44. The van der Waals surface area contributed by atoms with Crippen molar-refractivity contribution in [3.63, 3.8) is 0 Å². The van der Waals surface area contributed by atoms with E-state index in [2.05, 4.69) is 6.92 Å². The fourth-order valence-electron chi connectivity index (χ4n) is 1.38. The summed E-state index contributed by atoms with van der Waals surface area (Å²) in [6.45, 7) is 4.12. The first-order valence-corrected chi connectivity index (χ1v) is 3.92. The van der Waals surface area contributed by atoms with E-state index in [1.54, 1.807) is 7.11 Å². The predicted molar refractivity (Wildman–Crippen MR) is 41.8 cm³/mol. The van der Waals surface area contributed by atoms with Crippen LogP contribution in [0.4, 0.5) is 0 Å². The molecule has 2 N–H and O–H groups in total. The summed E-state index contributed by atoms with van der Waals surface area (Å²) in [5, 5.41) is 0. The number of hydrogen-bond acceptors (Lipinski definition) is 2. The summed E-state index contributed by atoms with van der Waals surface area (Å²) >= 11 is 0. The number of rotatable bonds is 3. The molecular formula is C8H17NO. The standard InChI is InChI=1S/C8H17NO/c1-6(9)8(2,10-3)7-4-5-7/h6-7H,4-5,9H2,1-3H3/t6-,8-/m0/s1. The summed E-state index contributed by atoms with van der Waals surface area (Å²) < 4.78 is 5.40. The quantitative estimate of drug-likeness (QED) is 0.643. The van der Waals surface area contributed by atoms with Crippen molar-refractivity contribution in [1.82, 2.24) is 0 Å². The van der Waals surface area contributed by atoms with Crippen molar-refractivity contribution in [3.8, 4) is 0 Å². The molecule has 0 saturated heterocycles. The summed E-state index contributed by atoms with van der Waals surface area (Å²) in [5.41, 5.74) is 5.73. The van der Waals surface area contributed by atoms with Crippen molar-refractivity contribution in [2.45, 2.75) is 38.3 Å². The van der Waals surface area contributed by atoms with Gasteiger partial charge in [0.2, 0.25) is 0 Å². The molecule has 0 unspecified atom stereocenters. The summed E-state index contributed by atoms with van der Waals surface area (Å²) in [5.74, 6) is 0.706. The van der Waals surface area contributed by atoms with E-state index in [-0.39, 0.29) is 11.6 Å². The molecule has 0 aromatic rings. The molecule has 0 heterocycles. The van der Waals surface area contributed by atoms with Crippen LogP contribution in [0.15, 0.2) is 0 Å². The zero-order chi connectivity index (χ0) is 7.78. The average Bonchev–Trinajstić information content (AvgIpc) is 2.67. The molecule has 0 aliphatic heterocycles. The van der Waals surface area contributed by atoms with Crippen LogP contribution in [0.2, 0.25) is 0 Å². The smallest absolute Gasteiger partial charge is 0.0826 e. The Balaban J connectivity index is 2.56. The highest BCUT2D eigenvalue weighted by Crippen LogP contribution is 2.42. The molecule has 0 bridgehead atoms. The molecule has 0 radical (unpaired) electrons. The van der Waals surface area contributed by atoms with E-state index in [0.717, 1.165) is 0 Å². The Morgan fingerprint density at radius 2 is 2.10 bits per heavy atom. The highest BCUT2D eigenvalue weighted by molar-refractivity contribution is 4.97. The van der Waals surface area contributed by atoms with E-state index in [0.29, 0.717) is 5.92 Å². The second-order valence-corrected chi connectivity index (χ2v) is 3.45. The summed E-state index contributed by atoms with van der Waals surface area (Å²) in [6, 6.07) is 0.144. The lowest BCUT2D eigenvalue weighted by Gasteiger charge is -2.32. The molecule has 1 aliphatic carbocycles. The van der Waals surface area contributed by atoms with Crippen molar-refractivity contribution in [3.05, 3.63) is 0 Å². The van der Waals surface area contributed by atoms with Crippen molar-refractivity contribution in [1.29, 1.82) is 0 Å². The Hall–Kier alpha value is -0.0800. The van der Waals surface area contributed by atoms with Crippen molar-refractivity contribution in [2.24, 2.45) is 11.7 Å². The van der Waals surface area contributed by atoms with Gasteiger partial charge in [0.25, 0.3) is 0 Å². The lowest BCUT2D eigenvalue weighted by molar-refractivity contribution is -0.0296. The number of ether oxygens (including phenoxy) is 1. The third-order valence-corrected chi connectivity index (χ3v) is 2.73. The van der Waals surface area contributed by atoms with Gasteiger partial charge >= 0.3 is 0 Å². The first-order valence-electron chi connectivity index (χ1n) is 3.92. The second kappa shape index (κ2) is 2.51. The summed E-state index contributed by atoms with van der Waals surface area (Å²) in [4.78, 5) is 0. The fraction of sp³-hybridized carbons (Fsp3) is 1.00. The molecule has 60 valence electrons. The maximum atomic E-state index is 5.80. The van der Waals surface area contributed by atoms with E-state index in [9.17, 15) is 0 Å². The zero-order valence-electron chi connectivity index (χ0n) is 7.05. The van der Waals surface area contributed by atoms with Crippen LogP contribution < -0.4 is 5.73 Å². The van der Waals surface area contributed by atoms with E-state index in [1.165, 1.54) is 12.8 Å². The number of hydrogen-bond donors (Lipinski definition) is 1. The van der Waals surface area contributed by atoms with Crippen LogP contribution in [0.5, 0.6) is 0 Å². The van der Waals surface area contributed by atoms with Crippen LogP contribution in [0, 0.1) is 5.92 Å². The van der Waals surface area contributed by atoms with Gasteiger partial charge in [0, 0.05) is 13.2 Å². The molecule has 0 amide bonds. The van der Waals surface area contributed by atoms with E-state index < -0.39 is 0 Å². The Kier molecular flexibility index (Phi) is 2.02. The Morgan fingerprint density at radius 3 is 2.20 bits per heavy atom. The fourth-order valence-corrected chi connectivity index (χ4v) is 1.38. The Morgan fingerprint density at radius 1 is 1.60 bits per heavy atom. The topological polar surface area (TPSA) is 35.2 Å². The second-order valence-electron chi connectivity index (χ2n) is 3.45. The first-order chi connectivity index (χ1) is 4.61. The van der Waals surface area contributed by atoms with E-state index >= 15 is 0 Å². The van der Waals surface area contributed by atoms with Gasteiger partial charge in [0.1, 0.15) is 0 Å². The van der Waals surface area contributed by atoms with Crippen molar-refractivity contribution in [2.75, 3.05) is 7.11 Å². The van der Waals surface area contributed by atoms with Crippen molar-refractivity contribution >= 4 is 0 Å². The molecule has 1 rings (SSSR count). The maximum absolute atomic E-state index is 5.80. The van der Waals surface area contributed by atoms with E-state index in [4.69, 9.17) is 10.5 Å². The maximum Gasteiger partial charge on any atom is 0.0826 e. The largest absolute Gasteiger partial charge is 0.377 e. The van der Waals surface area contributed by atoms with Gasteiger partial charge in [0.05, 0.1) is 5.60 Å². The van der Waals surface area contributed by atoms with Crippen LogP contribution in [-0.2, 0) is 4.74 Å². The third kappa shape index (κ3) is 1.18. The lowest BCUT2D eigenvalue weighted by Crippen LogP contribution is -2.46. The highest BCUT2D eigenvalue weighted by atomic mass is 16.5. The third-order valence-electron chi connectivity index (χ3n) is 2.73. The molecule has 2 atom stereocenters. The lowest BCUT2D eigenvalue weighted by atomic mass is 9.93. The average molecular weight is 143 g/mol. The zero-order valence-corrected chi connectivity index (χ0v) is 7.05. The Labute approximate surface area is 62.7 Å². The van der Waals surface area contributed by atoms with Crippen LogP contribution in [0.1, 0.15) is 26.7 Å². The summed E-state index contributed by atoms with van der Waals surface area (Å²) in [7, 11) is 1.75. The van der Waals surface area contributed by atoms with E-state index in [1.807, 2.05) is 6.92 Å². The minimum absolute atomic E-state index is 0.0694. The summed E-state index contributed by atoms with van der Waals surface area (Å²) in [6.07, 6.45) is 2.57. The normalized spacial score (nSPS) is 27.6. The van der Waals surface area contributed by atoms with Gasteiger partial charge < -0.3 is 10.5 Å². The van der Waals surface area contributed by atoms with Gasteiger partial charge in [-0.05, 0) is 32.6 Å². The van der Waals surface area contributed by atoms with Crippen molar-refractivity contribution < 1.29 is 4.74 Å². The molecule has 1 aliphatic rings. The number of methoxy groups -OCH3 is 1. The van der Waals surface area contributed by atoms with Gasteiger partial charge in [-0.25, -0.2) is 0 Å². The molecule has 0 aromatic carbocycles. The van der Waals surface area contributed by atoms with Gasteiger partial charge in [-0.1, -0.05) is 0 Å². The molecular weight excluding hydrogens is 126 g/mol. The first kappa shape index (κ1) is 8.02. The molecule has 1 saturated carbocycles. The van der Waals surface area contributed by atoms with Gasteiger partial charge in [-0.2, -0.15) is 0 Å². The monoisotopic (exact) mass is 143 g/mol.